The number of hydrogen-bond acceptors (Lipinski definition) is 10. The standard InChI is InChI=1S/C17H16F3N9O4/c1-21-13(30)12-10(6-25-29(12)2)27-16(31)33-14-11(26-9-3-22-8-23-4-9)5-24-15(28-14)32-7-17(18,19)20/h3-6,8,26H,7H2,1-2H3,(H,21,30)(H,27,31). The summed E-state index contributed by atoms with van der Waals surface area (Å²) in [5.41, 5.74) is 0.406. The van der Waals surface area contributed by atoms with Gasteiger partial charge in [0, 0.05) is 14.1 Å². The minimum absolute atomic E-state index is 0.00276. The van der Waals surface area contributed by atoms with Crippen LogP contribution in [-0.2, 0) is 7.05 Å². The van der Waals surface area contributed by atoms with E-state index in [1.807, 2.05) is 0 Å². The lowest BCUT2D eigenvalue weighted by molar-refractivity contribution is -0.154. The van der Waals surface area contributed by atoms with Crippen LogP contribution in [0.5, 0.6) is 11.9 Å². The average Bonchev–Trinajstić information content (AvgIpc) is 3.13. The van der Waals surface area contributed by atoms with Crippen LogP contribution >= 0.6 is 0 Å². The van der Waals surface area contributed by atoms with Crippen molar-refractivity contribution in [2.45, 2.75) is 6.18 Å². The van der Waals surface area contributed by atoms with Gasteiger partial charge in [0.25, 0.3) is 11.8 Å². The molecule has 0 saturated heterocycles. The Morgan fingerprint density at radius 1 is 1.12 bits per heavy atom. The van der Waals surface area contributed by atoms with E-state index in [0.29, 0.717) is 5.69 Å². The summed E-state index contributed by atoms with van der Waals surface area (Å²) in [5, 5.41) is 11.4. The van der Waals surface area contributed by atoms with Crippen molar-refractivity contribution in [2.75, 3.05) is 24.3 Å². The van der Waals surface area contributed by atoms with Crippen LogP contribution in [0.3, 0.4) is 0 Å². The van der Waals surface area contributed by atoms with Crippen molar-refractivity contribution in [3.8, 4) is 11.9 Å². The van der Waals surface area contributed by atoms with E-state index in [2.05, 4.69) is 45.7 Å². The summed E-state index contributed by atoms with van der Waals surface area (Å²) in [4.78, 5) is 39.4. The Balaban J connectivity index is 1.84. The Labute approximate surface area is 183 Å². The van der Waals surface area contributed by atoms with Crippen LogP contribution in [0.25, 0.3) is 0 Å². The summed E-state index contributed by atoms with van der Waals surface area (Å²) in [7, 11) is 2.88. The van der Waals surface area contributed by atoms with Gasteiger partial charge in [-0.2, -0.15) is 23.3 Å². The minimum atomic E-state index is -4.63. The fourth-order valence-corrected chi connectivity index (χ4v) is 2.39. The number of ether oxygens (including phenoxy) is 2. The lowest BCUT2D eigenvalue weighted by Gasteiger charge is -2.13. The van der Waals surface area contributed by atoms with Crippen LogP contribution in [0.2, 0.25) is 0 Å². The van der Waals surface area contributed by atoms with Crippen molar-refractivity contribution in [1.82, 2.24) is 35.0 Å². The molecule has 0 bridgehead atoms. The maximum Gasteiger partial charge on any atom is 0.422 e. The van der Waals surface area contributed by atoms with Crippen LogP contribution in [0, 0.1) is 0 Å². The molecule has 2 amide bonds. The van der Waals surface area contributed by atoms with Gasteiger partial charge in [0.1, 0.15) is 17.7 Å². The molecule has 0 atom stereocenters. The molecule has 0 fully saturated rings. The van der Waals surface area contributed by atoms with E-state index in [1.54, 1.807) is 0 Å². The second-order valence-corrected chi connectivity index (χ2v) is 6.15. The Bertz CT molecular complexity index is 1140. The lowest BCUT2D eigenvalue weighted by Crippen LogP contribution is -2.25. The van der Waals surface area contributed by atoms with Gasteiger partial charge in [0.2, 0.25) is 0 Å². The number of alkyl halides is 3. The number of aromatic nitrogens is 6. The van der Waals surface area contributed by atoms with Gasteiger partial charge in [-0.1, -0.05) is 0 Å². The van der Waals surface area contributed by atoms with Crippen molar-refractivity contribution in [1.29, 1.82) is 0 Å². The number of nitrogens with one attached hydrogen (secondary N) is 3. The Kier molecular flexibility index (Phi) is 6.85. The summed E-state index contributed by atoms with van der Waals surface area (Å²) in [6.45, 7) is -1.65. The molecular weight excluding hydrogens is 451 g/mol. The van der Waals surface area contributed by atoms with E-state index in [0.717, 1.165) is 6.20 Å². The highest BCUT2D eigenvalue weighted by molar-refractivity contribution is 6.01. The fraction of sp³-hybridized carbons (Fsp3) is 0.235. The first kappa shape index (κ1) is 23.2. The molecule has 13 nitrogen and oxygen atoms in total. The molecule has 16 heteroatoms. The maximum atomic E-state index is 12.5. The van der Waals surface area contributed by atoms with Crippen molar-refractivity contribution >= 4 is 29.1 Å². The number of hydrogen-bond donors (Lipinski definition) is 3. The number of rotatable bonds is 7. The number of amides is 2. The summed E-state index contributed by atoms with van der Waals surface area (Å²) in [5.74, 6) is -0.990. The number of carbonyl (C=O) groups is 2. The highest BCUT2D eigenvalue weighted by atomic mass is 19.4. The van der Waals surface area contributed by atoms with Crippen molar-refractivity contribution in [2.24, 2.45) is 7.05 Å². The molecule has 0 radical (unpaired) electrons. The van der Waals surface area contributed by atoms with E-state index in [-0.39, 0.29) is 17.1 Å². The molecule has 3 aromatic heterocycles. The highest BCUT2D eigenvalue weighted by Crippen LogP contribution is 2.27. The quantitative estimate of drug-likeness (QED) is 0.467. The van der Waals surface area contributed by atoms with Gasteiger partial charge >= 0.3 is 18.3 Å². The number of nitrogens with zero attached hydrogens (tertiary/aromatic N) is 6. The maximum absolute atomic E-state index is 12.5. The fourth-order valence-electron chi connectivity index (χ4n) is 2.39. The zero-order valence-corrected chi connectivity index (χ0v) is 17.0. The van der Waals surface area contributed by atoms with Crippen LogP contribution in [0.15, 0.2) is 31.1 Å². The third-order valence-electron chi connectivity index (χ3n) is 3.74. The summed E-state index contributed by atoms with van der Waals surface area (Å²) in [6, 6.07) is -0.683. The first-order valence-corrected chi connectivity index (χ1v) is 8.98. The molecule has 3 N–H and O–H groups in total. The van der Waals surface area contributed by atoms with Crippen LogP contribution in [0.4, 0.5) is 35.0 Å². The molecule has 0 unspecified atom stereocenters. The van der Waals surface area contributed by atoms with Crippen molar-refractivity contribution in [3.05, 3.63) is 36.8 Å². The van der Waals surface area contributed by atoms with Gasteiger partial charge in [0.05, 0.1) is 36.2 Å². The number of carbonyl (C=O) groups excluding carboxylic acids is 2. The van der Waals surface area contributed by atoms with Gasteiger partial charge in [-0.05, 0) is 0 Å². The van der Waals surface area contributed by atoms with Crippen LogP contribution < -0.4 is 25.4 Å². The molecule has 3 aromatic rings. The van der Waals surface area contributed by atoms with E-state index >= 15 is 0 Å². The molecule has 0 spiro atoms. The van der Waals surface area contributed by atoms with Gasteiger partial charge in [-0.25, -0.2) is 19.7 Å². The van der Waals surface area contributed by atoms with Crippen molar-refractivity contribution < 1.29 is 32.2 Å². The lowest BCUT2D eigenvalue weighted by atomic mass is 10.3. The van der Waals surface area contributed by atoms with Gasteiger partial charge in [-0.3, -0.25) is 14.8 Å². The molecule has 0 aliphatic carbocycles. The van der Waals surface area contributed by atoms with Crippen molar-refractivity contribution in [3.63, 3.8) is 0 Å². The van der Waals surface area contributed by atoms with E-state index in [4.69, 9.17) is 4.74 Å². The Hall–Kier alpha value is -4.50. The molecule has 0 saturated carbocycles. The number of aryl methyl sites for hydroxylation is 1. The highest BCUT2D eigenvalue weighted by Gasteiger charge is 2.29. The Morgan fingerprint density at radius 2 is 1.85 bits per heavy atom. The summed E-state index contributed by atoms with van der Waals surface area (Å²) >= 11 is 0. The second kappa shape index (κ2) is 9.75. The van der Waals surface area contributed by atoms with E-state index in [1.165, 1.54) is 43.7 Å². The zero-order chi connectivity index (χ0) is 24.0. The molecule has 0 aliphatic rings. The third-order valence-corrected chi connectivity index (χ3v) is 3.74. The molecule has 0 aromatic carbocycles. The van der Waals surface area contributed by atoms with Crippen LogP contribution in [-0.4, -0.2) is 61.5 Å². The topological polar surface area (TPSA) is 158 Å². The molecule has 33 heavy (non-hydrogen) atoms. The first-order valence-electron chi connectivity index (χ1n) is 8.98. The number of anilines is 3. The zero-order valence-electron chi connectivity index (χ0n) is 17.0. The predicted octanol–water partition coefficient (Wildman–Crippen LogP) is 1.66. The predicted molar refractivity (Wildman–Crippen MR) is 105 cm³/mol. The third kappa shape index (κ3) is 6.25. The largest absolute Gasteiger partial charge is 0.454 e. The Morgan fingerprint density at radius 3 is 2.52 bits per heavy atom. The molecule has 0 aliphatic heterocycles. The molecule has 174 valence electrons. The summed E-state index contributed by atoms with van der Waals surface area (Å²) < 4.78 is 48.2. The summed E-state index contributed by atoms with van der Waals surface area (Å²) in [6.07, 6.45) is 0.570. The van der Waals surface area contributed by atoms with Gasteiger partial charge in [-0.15, -0.1) is 0 Å². The van der Waals surface area contributed by atoms with Gasteiger partial charge in [0.15, 0.2) is 6.61 Å². The first-order chi connectivity index (χ1) is 15.7. The normalized spacial score (nSPS) is 10.9. The molecule has 3 rings (SSSR count). The average molecular weight is 467 g/mol. The van der Waals surface area contributed by atoms with Crippen LogP contribution in [0.1, 0.15) is 10.5 Å². The SMILES string of the molecule is CNC(=O)c1c(NC(=O)Oc2nc(OCC(F)(F)F)ncc2Nc2cncnc2)cnn1C. The monoisotopic (exact) mass is 467 g/mol. The minimum Gasteiger partial charge on any atom is -0.454 e. The van der Waals surface area contributed by atoms with E-state index in [9.17, 15) is 22.8 Å². The molecular formula is C17H16F3N9O4. The smallest absolute Gasteiger partial charge is 0.422 e. The number of halogens is 3. The molecule has 3 heterocycles. The van der Waals surface area contributed by atoms with Gasteiger partial charge < -0.3 is 20.1 Å². The van der Waals surface area contributed by atoms with E-state index < -0.39 is 36.7 Å². The second-order valence-electron chi connectivity index (χ2n) is 6.15.